The molecule has 0 aromatic heterocycles. The summed E-state index contributed by atoms with van der Waals surface area (Å²) in [5.41, 5.74) is 0. The van der Waals surface area contributed by atoms with Gasteiger partial charge in [-0.05, 0) is 6.42 Å². The normalized spacial score (nSPS) is 10.5. The van der Waals surface area contributed by atoms with E-state index in [1.54, 1.807) is 0 Å². The van der Waals surface area contributed by atoms with Crippen LogP contribution >= 0.6 is 0 Å². The minimum atomic E-state index is -1.02. The summed E-state index contributed by atoms with van der Waals surface area (Å²) in [6.45, 7) is 2.62. The van der Waals surface area contributed by atoms with E-state index in [0.29, 0.717) is 6.54 Å². The quantitative estimate of drug-likeness (QED) is 0.437. The van der Waals surface area contributed by atoms with Gasteiger partial charge in [0.2, 0.25) is 5.91 Å². The van der Waals surface area contributed by atoms with Gasteiger partial charge >= 0.3 is 6.09 Å². The molecule has 0 fully saturated rings. The molecular weight excluding hydrogens is 292 g/mol. The van der Waals surface area contributed by atoms with Gasteiger partial charge in [0.05, 0.1) is 0 Å². The lowest BCUT2D eigenvalue weighted by Crippen LogP contribution is -2.39. The largest absolute Gasteiger partial charge is 0.465 e. The van der Waals surface area contributed by atoms with Gasteiger partial charge in [0.25, 0.3) is 0 Å². The van der Waals surface area contributed by atoms with Gasteiger partial charge in [-0.3, -0.25) is 9.69 Å². The Labute approximate surface area is 141 Å². The molecule has 0 aliphatic carbocycles. The van der Waals surface area contributed by atoms with Gasteiger partial charge in [-0.2, -0.15) is 0 Å². The minimum absolute atomic E-state index is 0.0656. The SMILES string of the molecule is CCCCCCCCCCCCCCN(CC(=O)NC)C(=O)O. The number of amides is 2. The molecule has 0 spiro atoms. The molecule has 2 amide bonds. The van der Waals surface area contributed by atoms with Crippen molar-refractivity contribution < 1.29 is 14.7 Å². The number of nitrogens with zero attached hydrogens (tertiary/aromatic N) is 1. The molecular formula is C18H36N2O3. The zero-order valence-corrected chi connectivity index (χ0v) is 15.1. The lowest BCUT2D eigenvalue weighted by molar-refractivity contribution is -0.121. The molecule has 2 N–H and O–H groups in total. The molecule has 0 atom stereocenters. The lowest BCUT2D eigenvalue weighted by Gasteiger charge is -2.17. The highest BCUT2D eigenvalue weighted by Crippen LogP contribution is 2.12. The monoisotopic (exact) mass is 328 g/mol. The van der Waals surface area contributed by atoms with Crippen molar-refractivity contribution in [2.45, 2.75) is 84.0 Å². The average Bonchev–Trinajstić information content (AvgIpc) is 2.54. The number of hydrogen-bond donors (Lipinski definition) is 2. The summed E-state index contributed by atoms with van der Waals surface area (Å²) in [4.78, 5) is 23.4. The van der Waals surface area contributed by atoms with Gasteiger partial charge in [0, 0.05) is 13.6 Å². The van der Waals surface area contributed by atoms with Crippen LogP contribution in [0.25, 0.3) is 0 Å². The van der Waals surface area contributed by atoms with E-state index < -0.39 is 6.09 Å². The second-order valence-corrected chi connectivity index (χ2v) is 6.27. The number of hydrogen-bond acceptors (Lipinski definition) is 2. The van der Waals surface area contributed by atoms with E-state index in [2.05, 4.69) is 12.2 Å². The Kier molecular flexibility index (Phi) is 14.8. The molecule has 0 bridgehead atoms. The van der Waals surface area contributed by atoms with E-state index in [4.69, 9.17) is 5.11 Å². The van der Waals surface area contributed by atoms with Gasteiger partial charge in [0.1, 0.15) is 6.54 Å². The molecule has 0 aliphatic rings. The molecule has 0 aromatic carbocycles. The smallest absolute Gasteiger partial charge is 0.407 e. The molecule has 0 radical (unpaired) electrons. The van der Waals surface area contributed by atoms with Crippen LogP contribution in [0.1, 0.15) is 84.0 Å². The number of likely N-dealkylation sites (N-methyl/N-ethyl adjacent to an activating group) is 1. The number of unbranched alkanes of at least 4 members (excludes halogenated alkanes) is 11. The summed E-state index contributed by atoms with van der Waals surface area (Å²) in [7, 11) is 1.52. The van der Waals surface area contributed by atoms with Crippen molar-refractivity contribution in [1.29, 1.82) is 0 Å². The number of carbonyl (C=O) groups is 2. The summed E-state index contributed by atoms with van der Waals surface area (Å²) in [5.74, 6) is -0.258. The van der Waals surface area contributed by atoms with Crippen LogP contribution in [0.2, 0.25) is 0 Å². The van der Waals surface area contributed by atoms with E-state index in [0.717, 1.165) is 19.3 Å². The van der Waals surface area contributed by atoms with Crippen LogP contribution in [0.5, 0.6) is 0 Å². The first-order valence-electron chi connectivity index (χ1n) is 9.30. The van der Waals surface area contributed by atoms with Crippen molar-refractivity contribution in [1.82, 2.24) is 10.2 Å². The molecule has 0 saturated carbocycles. The molecule has 0 unspecified atom stereocenters. The Balaban J connectivity index is 3.43. The summed E-state index contributed by atoms with van der Waals surface area (Å²) >= 11 is 0. The molecule has 0 aliphatic heterocycles. The molecule has 0 heterocycles. The molecule has 0 saturated heterocycles. The fourth-order valence-corrected chi connectivity index (χ4v) is 2.64. The third kappa shape index (κ3) is 14.1. The second kappa shape index (κ2) is 15.6. The van der Waals surface area contributed by atoms with E-state index in [1.165, 1.54) is 69.7 Å². The van der Waals surface area contributed by atoms with Gasteiger partial charge in [-0.1, -0.05) is 77.6 Å². The lowest BCUT2D eigenvalue weighted by atomic mass is 10.1. The van der Waals surface area contributed by atoms with Crippen molar-refractivity contribution in [2.24, 2.45) is 0 Å². The number of rotatable bonds is 15. The van der Waals surface area contributed by atoms with E-state index in [1.807, 2.05) is 0 Å². The Bertz CT molecular complexity index is 309. The average molecular weight is 328 g/mol. The van der Waals surface area contributed by atoms with Gasteiger partial charge in [-0.25, -0.2) is 4.79 Å². The zero-order chi connectivity index (χ0) is 17.3. The highest BCUT2D eigenvalue weighted by Gasteiger charge is 2.14. The van der Waals surface area contributed by atoms with Crippen LogP contribution in [-0.4, -0.2) is 42.1 Å². The third-order valence-electron chi connectivity index (χ3n) is 4.17. The summed E-state index contributed by atoms with van der Waals surface area (Å²) in [6, 6.07) is 0. The Morgan fingerprint density at radius 2 is 1.26 bits per heavy atom. The number of carbonyl (C=O) groups excluding carboxylic acids is 1. The van der Waals surface area contributed by atoms with Crippen molar-refractivity contribution in [2.75, 3.05) is 20.1 Å². The van der Waals surface area contributed by atoms with Crippen molar-refractivity contribution >= 4 is 12.0 Å². The van der Waals surface area contributed by atoms with Crippen molar-refractivity contribution in [3.63, 3.8) is 0 Å². The second-order valence-electron chi connectivity index (χ2n) is 6.27. The van der Waals surface area contributed by atoms with Crippen LogP contribution in [0.3, 0.4) is 0 Å². The minimum Gasteiger partial charge on any atom is -0.465 e. The molecule has 0 aromatic rings. The maximum Gasteiger partial charge on any atom is 0.407 e. The maximum absolute atomic E-state index is 11.2. The Hall–Kier alpha value is -1.26. The molecule has 0 rings (SSSR count). The fraction of sp³-hybridized carbons (Fsp3) is 0.889. The van der Waals surface area contributed by atoms with E-state index in [-0.39, 0.29) is 12.5 Å². The van der Waals surface area contributed by atoms with Crippen molar-refractivity contribution in [3.05, 3.63) is 0 Å². The Morgan fingerprint density at radius 1 is 0.826 bits per heavy atom. The topological polar surface area (TPSA) is 69.6 Å². The first-order chi connectivity index (χ1) is 11.1. The van der Waals surface area contributed by atoms with Crippen molar-refractivity contribution in [3.8, 4) is 0 Å². The predicted molar refractivity (Wildman–Crippen MR) is 94.7 cm³/mol. The molecule has 5 nitrogen and oxygen atoms in total. The van der Waals surface area contributed by atoms with E-state index in [9.17, 15) is 9.59 Å². The molecule has 136 valence electrons. The first kappa shape index (κ1) is 21.7. The molecule has 23 heavy (non-hydrogen) atoms. The van der Waals surface area contributed by atoms with Gasteiger partial charge in [0.15, 0.2) is 0 Å². The third-order valence-corrected chi connectivity index (χ3v) is 4.17. The van der Waals surface area contributed by atoms with Crippen LogP contribution in [0, 0.1) is 0 Å². The van der Waals surface area contributed by atoms with Gasteiger partial charge in [-0.15, -0.1) is 0 Å². The van der Waals surface area contributed by atoms with Gasteiger partial charge < -0.3 is 10.4 Å². The first-order valence-corrected chi connectivity index (χ1v) is 9.30. The summed E-state index contributed by atoms with van der Waals surface area (Å²) < 4.78 is 0. The summed E-state index contributed by atoms with van der Waals surface area (Å²) in [6.07, 6.45) is 14.0. The number of carboxylic acid groups (broad SMARTS) is 1. The maximum atomic E-state index is 11.2. The fourth-order valence-electron chi connectivity index (χ4n) is 2.64. The standard InChI is InChI=1S/C18H36N2O3/c1-3-4-5-6-7-8-9-10-11-12-13-14-15-20(18(22)23)16-17(21)19-2/h3-16H2,1-2H3,(H,19,21)(H,22,23). The number of nitrogens with one attached hydrogen (secondary N) is 1. The Morgan fingerprint density at radius 3 is 1.65 bits per heavy atom. The van der Waals surface area contributed by atoms with Crippen LogP contribution < -0.4 is 5.32 Å². The van der Waals surface area contributed by atoms with Crippen LogP contribution in [0.15, 0.2) is 0 Å². The highest BCUT2D eigenvalue weighted by atomic mass is 16.4. The highest BCUT2D eigenvalue weighted by molar-refractivity contribution is 5.81. The zero-order valence-electron chi connectivity index (χ0n) is 15.1. The van der Waals surface area contributed by atoms with Crippen LogP contribution in [-0.2, 0) is 4.79 Å². The van der Waals surface area contributed by atoms with Crippen LogP contribution in [0.4, 0.5) is 4.79 Å². The summed E-state index contributed by atoms with van der Waals surface area (Å²) in [5, 5.41) is 11.5. The predicted octanol–water partition coefficient (Wildman–Crippen LogP) is 4.41. The molecule has 5 heteroatoms. The van der Waals surface area contributed by atoms with E-state index >= 15 is 0 Å².